The zero-order valence-electron chi connectivity index (χ0n) is 74.4. The van der Waals surface area contributed by atoms with Gasteiger partial charge in [-0.1, -0.05) is 19.3 Å². The maximum atomic E-state index is 6.14. The van der Waals surface area contributed by atoms with Gasteiger partial charge in [0.05, 0.1) is 180 Å². The Bertz CT molecular complexity index is 5980. The van der Waals surface area contributed by atoms with Gasteiger partial charge in [0, 0.05) is 100 Å². The molecular formula is C93H110N40. The van der Waals surface area contributed by atoms with E-state index in [4.69, 9.17) is 78.7 Å². The Kier molecular flexibility index (Phi) is 36.3. The molecule has 12 aromatic heterocycles. The van der Waals surface area contributed by atoms with Crippen molar-refractivity contribution in [2.24, 2.45) is 11.7 Å². The average molecular weight is 1790 g/mol. The number of terminal acetylenes is 6. The van der Waals surface area contributed by atoms with Gasteiger partial charge in [-0.2, -0.15) is 0 Å². The van der Waals surface area contributed by atoms with Crippen LogP contribution in [-0.4, -0.2) is 198 Å². The number of aromatic nitrogens is 18. The number of piperidine rings is 2. The Morgan fingerprint density at radius 2 is 0.632 bits per heavy atom. The van der Waals surface area contributed by atoms with Gasteiger partial charge in [-0.3, -0.25) is 0 Å². The van der Waals surface area contributed by atoms with Crippen molar-refractivity contribution in [1.29, 1.82) is 0 Å². The average Bonchev–Trinajstić information content (AvgIpc) is 1.68. The van der Waals surface area contributed by atoms with Gasteiger partial charge in [-0.25, -0.2) is 89.7 Å². The number of likely N-dealkylation sites (N-methyl/N-ethyl adjacent to an activating group) is 1. The summed E-state index contributed by atoms with van der Waals surface area (Å²) in [6, 6.07) is 13.3. The minimum absolute atomic E-state index is 0.420. The van der Waals surface area contributed by atoms with Crippen molar-refractivity contribution in [2.45, 2.75) is 94.8 Å². The summed E-state index contributed by atoms with van der Waals surface area (Å²) in [5, 5.41) is 41.7. The second-order valence-corrected chi connectivity index (χ2v) is 30.9. The smallest absolute Gasteiger partial charge is 0.150 e. The number of pyridine rings is 6. The molecule has 0 radical (unpaired) electrons. The summed E-state index contributed by atoms with van der Waals surface area (Å²) in [5.74, 6) is 22.5. The SMILES string of the molecule is C#Cc1cnc(Nc2cc(NC)c(N)cn2)cn1.C#Cc1cnc(Nc2cc(NC3CC4CCC(C3)N4C)c(N)cn2)cn1.C#Cc1cnc(Nc2cc(NC3CCNCC3)c(N)cn2)cn1.C#Cc1cnc(Nc2cc(NCC3CCCCC3)c(N)cn2)cn1.C#Cc1cnc(Nc2cc(NCCN(C)C)c(N)cn2)cn1.C#Cc1cnc(Nc2cc(NCCN)c(N)cn2)cn1. The molecule has 15 heterocycles. The Morgan fingerprint density at radius 1 is 0.346 bits per heavy atom. The highest BCUT2D eigenvalue weighted by atomic mass is 15.2. The summed E-state index contributed by atoms with van der Waals surface area (Å²) in [7, 11) is 8.07. The van der Waals surface area contributed by atoms with Crippen LogP contribution in [0.2, 0.25) is 0 Å². The quantitative estimate of drug-likeness (QED) is 0.0213. The molecule has 0 aromatic carbocycles. The van der Waals surface area contributed by atoms with Crippen molar-refractivity contribution in [3.05, 3.63) is 182 Å². The third-order valence-corrected chi connectivity index (χ3v) is 21.0. The number of nitrogen functional groups attached to an aromatic ring is 6. The van der Waals surface area contributed by atoms with Gasteiger partial charge in [0.1, 0.15) is 104 Å². The van der Waals surface area contributed by atoms with E-state index in [2.05, 4.69) is 211 Å². The van der Waals surface area contributed by atoms with E-state index < -0.39 is 0 Å². The molecule has 40 heteroatoms. The van der Waals surface area contributed by atoms with Gasteiger partial charge >= 0.3 is 0 Å². The predicted octanol–water partition coefficient (Wildman–Crippen LogP) is 9.65. The fourth-order valence-corrected chi connectivity index (χ4v) is 13.9. The number of hydrogen-bond acceptors (Lipinski definition) is 40. The first kappa shape index (κ1) is 96.6. The van der Waals surface area contributed by atoms with Crippen molar-refractivity contribution in [1.82, 2.24) is 105 Å². The predicted molar refractivity (Wildman–Crippen MR) is 531 cm³/mol. The Hall–Kier alpha value is -17.0. The number of hydrogen-bond donors (Lipinski definition) is 20. The van der Waals surface area contributed by atoms with E-state index in [0.717, 1.165) is 98.4 Å². The van der Waals surface area contributed by atoms with Crippen molar-refractivity contribution in [3.63, 3.8) is 0 Å². The molecule has 12 aromatic rings. The molecule has 4 fully saturated rings. The van der Waals surface area contributed by atoms with E-state index >= 15 is 0 Å². The van der Waals surface area contributed by atoms with Gasteiger partial charge in [0.2, 0.25) is 0 Å². The maximum Gasteiger partial charge on any atom is 0.150 e. The van der Waals surface area contributed by atoms with Crippen molar-refractivity contribution < 1.29 is 0 Å². The van der Waals surface area contributed by atoms with Gasteiger partial charge < -0.3 is 119 Å². The largest absolute Gasteiger partial charge is 0.396 e. The molecular weight excluding hydrogens is 1680 g/mol. The summed E-state index contributed by atoms with van der Waals surface area (Å²) in [6.45, 7) is 5.83. The zero-order valence-corrected chi connectivity index (χ0v) is 74.4. The lowest BCUT2D eigenvalue weighted by Gasteiger charge is -2.37. The molecule has 27 N–H and O–H groups in total. The molecule has 3 saturated heterocycles. The molecule has 133 heavy (non-hydrogen) atoms. The third-order valence-electron chi connectivity index (χ3n) is 21.0. The van der Waals surface area contributed by atoms with Crippen molar-refractivity contribution >= 4 is 138 Å². The fraction of sp³-hybridized carbons (Fsp3) is 0.290. The lowest BCUT2D eigenvalue weighted by Crippen LogP contribution is -2.44. The standard InChI is InChI=1S/C19H23N7.C18H22N6.C16H19N7.C15H19N7.C13H15N7.C12H12N6/c1-3-12-9-22-19(11-21-12)25-18-8-17(16(20)10-23-18)24-13-6-14-4-5-15(7-13)26(14)2;1-2-14-10-22-18(12-20-14)24-17-8-16(15(19)11-23-17)21-9-13-6-4-3-5-7-13;1-2-11-8-20-16(10-19-11)23-15-7-14(13(17)9-21-15)22-12-3-5-18-6-4-12;1-4-11-8-19-15(10-18-11)21-14-7-13(12(16)9-20-14)17-5-6-22(2)3;1-2-9-6-18-13(8-17-9)20-12-5-11(16-4-3-14)10(15)7-19-12;1-3-8-5-16-12(7-15-8)18-11-4-10(14-2)9(13)6-17-11/h1,8-11,13-15H,4-7,20H2,2H3,(H2,22,23,24,25);1,8,10-13H,3-7,9,19H2,(H2,21,22,23,24);1,7-10,12,18H,3-6,17H2,(H2,20,21,22,23);1,7-10H,5-6,16H2,2-3H3,(H2,17,19,20,21);1,5-8H,3-4,14-15H2,(H2,16,18,19,20);1,4-7H,13H2,2H3,(H2,14,16,17,18). The lowest BCUT2D eigenvalue weighted by molar-refractivity contribution is 0.169. The van der Waals surface area contributed by atoms with E-state index in [0.29, 0.717) is 175 Å². The molecule has 1 saturated carbocycles. The first-order valence-electron chi connectivity index (χ1n) is 42.7. The third kappa shape index (κ3) is 30.6. The van der Waals surface area contributed by atoms with Crippen LogP contribution in [0.15, 0.2) is 148 Å². The van der Waals surface area contributed by atoms with E-state index in [1.165, 1.54) is 69.7 Å². The van der Waals surface area contributed by atoms with Gasteiger partial charge in [0.25, 0.3) is 0 Å². The molecule has 1 aliphatic carbocycles. The summed E-state index contributed by atoms with van der Waals surface area (Å²) in [5.41, 5.74) is 52.8. The van der Waals surface area contributed by atoms with Crippen molar-refractivity contribution in [3.8, 4) is 74.1 Å². The second-order valence-electron chi connectivity index (χ2n) is 30.9. The van der Waals surface area contributed by atoms with Crippen LogP contribution >= 0.6 is 0 Å². The topological polar surface area (TPSA) is 577 Å². The molecule has 3 aliphatic heterocycles. The van der Waals surface area contributed by atoms with Gasteiger partial charge in [-0.15, -0.1) is 38.5 Å². The fourth-order valence-electron chi connectivity index (χ4n) is 13.9. The number of nitrogens with one attached hydrogen (secondary N) is 13. The van der Waals surface area contributed by atoms with Crippen LogP contribution in [0.1, 0.15) is 105 Å². The van der Waals surface area contributed by atoms with Crippen LogP contribution in [0.4, 0.5) is 138 Å². The first-order valence-corrected chi connectivity index (χ1v) is 42.7. The molecule has 16 rings (SSSR count). The molecule has 2 atom stereocenters. The molecule has 40 nitrogen and oxygen atoms in total. The van der Waals surface area contributed by atoms with E-state index in [-0.39, 0.29) is 0 Å². The highest BCUT2D eigenvalue weighted by molar-refractivity contribution is 5.76. The van der Waals surface area contributed by atoms with Crippen LogP contribution in [0.3, 0.4) is 0 Å². The summed E-state index contributed by atoms with van der Waals surface area (Å²) in [4.78, 5) is 79.5. The highest BCUT2D eigenvalue weighted by Gasteiger charge is 2.38. The highest BCUT2D eigenvalue weighted by Crippen LogP contribution is 2.37. The van der Waals surface area contributed by atoms with Gasteiger partial charge in [-0.05, 0) is 127 Å². The molecule has 0 spiro atoms. The molecule has 2 bridgehead atoms. The van der Waals surface area contributed by atoms with Gasteiger partial charge in [0.15, 0.2) is 0 Å². The number of nitrogens with zero attached hydrogens (tertiary/aromatic N) is 20. The maximum absolute atomic E-state index is 6.14. The Labute approximate surface area is 773 Å². The number of fused-ring (bicyclic) bond motifs is 2. The number of anilines is 24. The Balaban J connectivity index is 0.000000154. The van der Waals surface area contributed by atoms with Crippen molar-refractivity contribution in [2.75, 3.05) is 172 Å². The molecule has 0 amide bonds. The van der Waals surface area contributed by atoms with E-state index in [1.54, 1.807) is 106 Å². The lowest BCUT2D eigenvalue weighted by atomic mass is 9.89. The van der Waals surface area contributed by atoms with E-state index in [9.17, 15) is 0 Å². The number of rotatable bonds is 27. The normalized spacial score (nSPS) is 14.6. The minimum Gasteiger partial charge on any atom is -0.396 e. The number of nitrogens with two attached hydrogens (primary N) is 7. The molecule has 2 unspecified atom stereocenters. The van der Waals surface area contributed by atoms with Crippen LogP contribution in [0, 0.1) is 80.0 Å². The van der Waals surface area contributed by atoms with Crippen LogP contribution in [0.25, 0.3) is 0 Å². The molecule has 4 aliphatic rings. The second kappa shape index (κ2) is 49.9. The van der Waals surface area contributed by atoms with Crippen LogP contribution in [0.5, 0.6) is 0 Å². The monoisotopic (exact) mass is 1790 g/mol. The summed E-state index contributed by atoms with van der Waals surface area (Å²) >= 11 is 0. The zero-order chi connectivity index (χ0) is 94.2. The molecule has 682 valence electrons. The van der Waals surface area contributed by atoms with Crippen LogP contribution < -0.4 is 109 Å². The van der Waals surface area contributed by atoms with Crippen LogP contribution in [-0.2, 0) is 0 Å². The summed E-state index contributed by atoms with van der Waals surface area (Å²) in [6.07, 6.45) is 73.4. The van der Waals surface area contributed by atoms with E-state index in [1.807, 2.05) is 38.4 Å². The Morgan fingerprint density at radius 3 is 0.932 bits per heavy atom. The first-order chi connectivity index (χ1) is 64.6. The summed E-state index contributed by atoms with van der Waals surface area (Å²) < 4.78 is 0. The minimum atomic E-state index is 0.420.